The van der Waals surface area contributed by atoms with Gasteiger partial charge in [0.15, 0.2) is 11.4 Å². The average Bonchev–Trinajstić information content (AvgIpc) is 3.45. The fourth-order valence-electron chi connectivity index (χ4n) is 5.31. The predicted octanol–water partition coefficient (Wildman–Crippen LogP) is 2.50. The molecule has 4 rings (SSSR count). The Hall–Kier alpha value is -3.66. The molecule has 3 heterocycles. The minimum absolute atomic E-state index is 0.00775. The maximum Gasteiger partial charge on any atom is 0.408 e. The zero-order chi connectivity index (χ0) is 29.9. The zero-order valence-electron chi connectivity index (χ0n) is 24.3. The number of fused-ring (bicyclic) bond motifs is 1. The predicted molar refractivity (Wildman–Crippen MR) is 147 cm³/mol. The molecular weight excluding hydrogens is 532 g/mol. The number of aliphatic imine (C=N–C) groups is 1. The lowest BCUT2D eigenvalue weighted by molar-refractivity contribution is -0.162. The summed E-state index contributed by atoms with van der Waals surface area (Å²) in [7, 11) is 0. The lowest BCUT2D eigenvalue weighted by Gasteiger charge is -2.35. The Bertz CT molecular complexity index is 1170. The van der Waals surface area contributed by atoms with Gasteiger partial charge in [0.25, 0.3) is 0 Å². The first-order valence-electron chi connectivity index (χ1n) is 14.1. The van der Waals surface area contributed by atoms with E-state index in [4.69, 9.17) is 24.7 Å². The second-order valence-corrected chi connectivity index (χ2v) is 12.3. The van der Waals surface area contributed by atoms with Crippen molar-refractivity contribution in [2.24, 2.45) is 27.7 Å². The molecule has 4 aliphatic rings. The van der Waals surface area contributed by atoms with Crippen molar-refractivity contribution in [3.63, 3.8) is 0 Å². The molecule has 1 unspecified atom stereocenters. The minimum Gasteiger partial charge on any atom is -0.463 e. The van der Waals surface area contributed by atoms with Crippen molar-refractivity contribution >= 4 is 30.2 Å². The first kappa shape index (κ1) is 30.3. The van der Waals surface area contributed by atoms with Crippen LogP contribution in [-0.2, 0) is 28.5 Å². The number of amidine groups is 1. The van der Waals surface area contributed by atoms with Crippen LogP contribution >= 0.6 is 0 Å². The van der Waals surface area contributed by atoms with Gasteiger partial charge in [0, 0.05) is 12.8 Å². The number of hydrogen-bond donors (Lipinski definition) is 2. The second kappa shape index (κ2) is 12.1. The third-order valence-electron chi connectivity index (χ3n) is 7.67. The monoisotopic (exact) mass is 572 g/mol. The van der Waals surface area contributed by atoms with Gasteiger partial charge in [0.2, 0.25) is 0 Å². The number of hydrogen-bond acceptors (Lipinski definition) is 12. The van der Waals surface area contributed by atoms with E-state index < -0.39 is 47.6 Å². The van der Waals surface area contributed by atoms with Crippen molar-refractivity contribution in [3.05, 3.63) is 11.8 Å². The summed E-state index contributed by atoms with van der Waals surface area (Å²) in [5.74, 6) is -0.818. The molecule has 1 aliphatic carbocycles. The summed E-state index contributed by atoms with van der Waals surface area (Å²) in [5, 5.41) is 18.9. The van der Waals surface area contributed by atoms with Crippen molar-refractivity contribution in [2.75, 3.05) is 6.61 Å². The molecule has 1 saturated heterocycles. The van der Waals surface area contributed by atoms with Crippen LogP contribution in [0.4, 0.5) is 4.79 Å². The SMILES string of the molecule is CC(C)[C@@H](NC(=O)OC(C)(C)C)C(=O)O[C@H]1C[C@](C#N)(C2CC=C3C(N)=NC=NN32)O[C@@H]1COC(=O)CC1CCC1. The highest BCUT2D eigenvalue weighted by Gasteiger charge is 2.57. The number of hydrazone groups is 1. The van der Waals surface area contributed by atoms with Crippen molar-refractivity contribution in [1.82, 2.24) is 10.3 Å². The molecule has 0 spiro atoms. The first-order valence-corrected chi connectivity index (χ1v) is 14.1. The standard InChI is InChI=1S/C28H40N6O7/c1-16(2)23(33-26(37)41-27(3,4)5)25(36)39-19-12-28(14-29,21-10-9-18-24(30)31-15-32-34(18)21)40-20(19)13-38-22(35)11-17-7-6-8-17/h9,15-17,19-21,23H,6-8,10-13H2,1-5H3,(H,33,37)(H2,30,31,32)/t19-,20+,21?,23+,28-/m0/s1. The molecule has 3 aliphatic heterocycles. The highest BCUT2D eigenvalue weighted by Crippen LogP contribution is 2.43. The van der Waals surface area contributed by atoms with Crippen LogP contribution in [0.5, 0.6) is 0 Å². The molecular formula is C28H40N6O7. The summed E-state index contributed by atoms with van der Waals surface area (Å²) >= 11 is 0. The van der Waals surface area contributed by atoms with E-state index in [0.29, 0.717) is 24.5 Å². The molecule has 5 atom stereocenters. The zero-order valence-corrected chi connectivity index (χ0v) is 24.3. The van der Waals surface area contributed by atoms with Crippen LogP contribution in [-0.4, -0.2) is 77.3 Å². The Balaban J connectivity index is 1.51. The van der Waals surface area contributed by atoms with Crippen LogP contribution in [0, 0.1) is 23.2 Å². The Morgan fingerprint density at radius 1 is 1.32 bits per heavy atom. The van der Waals surface area contributed by atoms with Gasteiger partial charge >= 0.3 is 18.0 Å². The number of nitriles is 1. The third kappa shape index (κ3) is 6.98. The summed E-state index contributed by atoms with van der Waals surface area (Å²) in [6.45, 7) is 8.49. The highest BCUT2D eigenvalue weighted by atomic mass is 16.6. The quantitative estimate of drug-likeness (QED) is 0.308. The van der Waals surface area contributed by atoms with Crippen molar-refractivity contribution in [2.45, 2.75) is 109 Å². The van der Waals surface area contributed by atoms with Gasteiger partial charge in [-0.15, -0.1) is 0 Å². The van der Waals surface area contributed by atoms with E-state index in [1.165, 1.54) is 6.34 Å². The summed E-state index contributed by atoms with van der Waals surface area (Å²) in [6.07, 6.45) is 4.31. The van der Waals surface area contributed by atoms with Gasteiger partial charge in [-0.1, -0.05) is 26.3 Å². The van der Waals surface area contributed by atoms with E-state index in [-0.39, 0.29) is 30.8 Å². The number of rotatable bonds is 9. The Kier molecular flexibility index (Phi) is 8.91. The number of alkyl carbamates (subject to hydrolysis) is 1. The Morgan fingerprint density at radius 3 is 2.66 bits per heavy atom. The Morgan fingerprint density at radius 2 is 2.05 bits per heavy atom. The fraction of sp³-hybridized carbons (Fsp3) is 0.714. The molecule has 13 heteroatoms. The molecule has 0 bridgehead atoms. The van der Waals surface area contributed by atoms with Gasteiger partial charge in [-0.25, -0.2) is 14.6 Å². The summed E-state index contributed by atoms with van der Waals surface area (Å²) in [6, 6.07) is 0.675. The number of nitrogens with one attached hydrogen (secondary N) is 1. The lowest BCUT2D eigenvalue weighted by Crippen LogP contribution is -2.50. The number of nitrogens with two attached hydrogens (primary N) is 1. The molecule has 41 heavy (non-hydrogen) atoms. The van der Waals surface area contributed by atoms with Crippen molar-refractivity contribution in [1.29, 1.82) is 5.26 Å². The summed E-state index contributed by atoms with van der Waals surface area (Å²) in [4.78, 5) is 42.4. The van der Waals surface area contributed by atoms with Crippen LogP contribution in [0.15, 0.2) is 21.9 Å². The number of carbonyl (C=O) groups excluding carboxylic acids is 3. The average molecular weight is 573 g/mol. The van der Waals surface area contributed by atoms with E-state index in [0.717, 1.165) is 19.3 Å². The van der Waals surface area contributed by atoms with Crippen LogP contribution in [0.2, 0.25) is 0 Å². The molecule has 2 fully saturated rings. The molecule has 3 N–H and O–H groups in total. The van der Waals surface area contributed by atoms with E-state index in [2.05, 4.69) is 21.5 Å². The summed E-state index contributed by atoms with van der Waals surface area (Å²) in [5.41, 5.74) is 4.37. The number of ether oxygens (including phenoxy) is 4. The van der Waals surface area contributed by atoms with E-state index in [9.17, 15) is 19.6 Å². The van der Waals surface area contributed by atoms with Crippen LogP contribution < -0.4 is 11.1 Å². The van der Waals surface area contributed by atoms with Gasteiger partial charge in [0.1, 0.15) is 42.9 Å². The molecule has 0 aromatic carbocycles. The molecule has 1 saturated carbocycles. The van der Waals surface area contributed by atoms with E-state index in [1.807, 2.05) is 6.08 Å². The highest BCUT2D eigenvalue weighted by molar-refractivity contribution is 6.02. The van der Waals surface area contributed by atoms with Crippen LogP contribution in [0.25, 0.3) is 0 Å². The molecule has 0 aromatic heterocycles. The normalized spacial score (nSPS) is 28.1. The Labute approximate surface area is 240 Å². The van der Waals surface area contributed by atoms with Crippen molar-refractivity contribution < 1.29 is 33.3 Å². The molecule has 1 amide bonds. The first-order chi connectivity index (χ1) is 19.3. The van der Waals surface area contributed by atoms with Gasteiger partial charge < -0.3 is 30.0 Å². The molecule has 0 radical (unpaired) electrons. The number of nitrogens with zero attached hydrogens (tertiary/aromatic N) is 4. The lowest BCUT2D eigenvalue weighted by atomic mass is 9.83. The molecule has 13 nitrogen and oxygen atoms in total. The molecule has 0 aromatic rings. The number of esters is 2. The van der Waals surface area contributed by atoms with Crippen LogP contribution in [0.3, 0.4) is 0 Å². The van der Waals surface area contributed by atoms with Gasteiger partial charge in [-0.2, -0.15) is 10.4 Å². The maximum absolute atomic E-state index is 13.4. The second-order valence-electron chi connectivity index (χ2n) is 12.3. The van der Waals surface area contributed by atoms with Crippen molar-refractivity contribution in [3.8, 4) is 6.07 Å². The topological polar surface area (TPSA) is 178 Å². The smallest absolute Gasteiger partial charge is 0.408 e. The third-order valence-corrected chi connectivity index (χ3v) is 7.67. The largest absolute Gasteiger partial charge is 0.463 e. The van der Waals surface area contributed by atoms with Crippen LogP contribution in [0.1, 0.15) is 73.1 Å². The van der Waals surface area contributed by atoms with Gasteiger partial charge in [-0.3, -0.25) is 9.80 Å². The van der Waals surface area contributed by atoms with Gasteiger partial charge in [0.05, 0.1) is 11.7 Å². The van der Waals surface area contributed by atoms with Gasteiger partial charge in [-0.05, 0) is 51.9 Å². The number of amides is 1. The maximum atomic E-state index is 13.4. The van der Waals surface area contributed by atoms with E-state index >= 15 is 0 Å². The van der Waals surface area contributed by atoms with E-state index in [1.54, 1.807) is 39.6 Å². The summed E-state index contributed by atoms with van der Waals surface area (Å²) < 4.78 is 23.1. The number of carbonyl (C=O) groups is 3. The molecule has 224 valence electrons. The fourth-order valence-corrected chi connectivity index (χ4v) is 5.31. The minimum atomic E-state index is -1.46.